The summed E-state index contributed by atoms with van der Waals surface area (Å²) in [5.41, 5.74) is 0. The van der Waals surface area contributed by atoms with E-state index in [0.717, 1.165) is 5.82 Å². The number of nitrogens with one attached hydrogen (secondary N) is 1. The molecule has 0 aliphatic heterocycles. The molecular formula is C7H11N5. The van der Waals surface area contributed by atoms with Crippen LogP contribution in [0, 0.1) is 12.3 Å². The van der Waals surface area contributed by atoms with Crippen molar-refractivity contribution in [2.24, 2.45) is 7.05 Å². The van der Waals surface area contributed by atoms with Gasteiger partial charge in [-0.3, -0.25) is 5.32 Å². The zero-order chi connectivity index (χ0) is 8.97. The first-order valence-electron chi connectivity index (χ1n) is 3.64. The van der Waals surface area contributed by atoms with Crippen molar-refractivity contribution in [3.05, 3.63) is 5.82 Å². The Morgan fingerprint density at radius 1 is 1.75 bits per heavy atom. The molecule has 1 aromatic rings. The van der Waals surface area contributed by atoms with Crippen LogP contribution < -0.4 is 5.32 Å². The van der Waals surface area contributed by atoms with E-state index in [-0.39, 0.29) is 6.04 Å². The number of rotatable bonds is 3. The lowest BCUT2D eigenvalue weighted by Gasteiger charge is -2.08. The highest BCUT2D eigenvalue weighted by molar-refractivity contribution is 4.93. The van der Waals surface area contributed by atoms with Crippen molar-refractivity contribution in [2.75, 3.05) is 6.54 Å². The van der Waals surface area contributed by atoms with E-state index < -0.39 is 0 Å². The van der Waals surface area contributed by atoms with E-state index in [1.807, 2.05) is 6.92 Å². The molecule has 12 heavy (non-hydrogen) atoms. The van der Waals surface area contributed by atoms with Crippen LogP contribution in [0.15, 0.2) is 0 Å². The normalized spacial score (nSPS) is 12.4. The Kier molecular flexibility index (Phi) is 2.77. The highest BCUT2D eigenvalue weighted by Crippen LogP contribution is 2.04. The smallest absolute Gasteiger partial charge is 0.167 e. The minimum absolute atomic E-state index is 0.0843. The molecule has 5 nitrogen and oxygen atoms in total. The van der Waals surface area contributed by atoms with E-state index >= 15 is 0 Å². The Morgan fingerprint density at radius 2 is 2.50 bits per heavy atom. The molecule has 0 radical (unpaired) electrons. The first-order chi connectivity index (χ1) is 5.75. The van der Waals surface area contributed by atoms with Gasteiger partial charge < -0.3 is 0 Å². The molecule has 1 atom stereocenters. The van der Waals surface area contributed by atoms with Crippen LogP contribution in [0.4, 0.5) is 0 Å². The minimum atomic E-state index is 0.0843. The van der Waals surface area contributed by atoms with Crippen molar-refractivity contribution in [1.82, 2.24) is 25.5 Å². The average molecular weight is 165 g/mol. The second-order valence-electron chi connectivity index (χ2n) is 2.47. The number of aromatic nitrogens is 4. The first kappa shape index (κ1) is 8.68. The molecule has 0 aliphatic carbocycles. The van der Waals surface area contributed by atoms with Gasteiger partial charge in [0.2, 0.25) is 0 Å². The van der Waals surface area contributed by atoms with E-state index in [1.54, 1.807) is 11.7 Å². The fourth-order valence-corrected chi connectivity index (χ4v) is 0.907. The van der Waals surface area contributed by atoms with Crippen molar-refractivity contribution < 1.29 is 0 Å². The van der Waals surface area contributed by atoms with Crippen LogP contribution in [-0.2, 0) is 7.05 Å². The van der Waals surface area contributed by atoms with E-state index in [2.05, 4.69) is 26.8 Å². The molecular weight excluding hydrogens is 154 g/mol. The largest absolute Gasteiger partial charge is 0.297 e. The second kappa shape index (κ2) is 3.83. The van der Waals surface area contributed by atoms with E-state index in [1.165, 1.54) is 0 Å². The van der Waals surface area contributed by atoms with Crippen LogP contribution in [0.3, 0.4) is 0 Å². The molecule has 1 rings (SSSR count). The van der Waals surface area contributed by atoms with Gasteiger partial charge in [-0.1, -0.05) is 5.92 Å². The Hall–Kier alpha value is -1.41. The van der Waals surface area contributed by atoms with Gasteiger partial charge in [0.05, 0.1) is 12.6 Å². The Balaban J connectivity index is 2.60. The van der Waals surface area contributed by atoms with Crippen LogP contribution in [0.1, 0.15) is 18.8 Å². The van der Waals surface area contributed by atoms with Crippen LogP contribution in [0.5, 0.6) is 0 Å². The topological polar surface area (TPSA) is 55.6 Å². The van der Waals surface area contributed by atoms with Crippen molar-refractivity contribution >= 4 is 0 Å². The zero-order valence-corrected chi connectivity index (χ0v) is 7.15. The van der Waals surface area contributed by atoms with Crippen LogP contribution in [0.25, 0.3) is 0 Å². The second-order valence-corrected chi connectivity index (χ2v) is 2.47. The van der Waals surface area contributed by atoms with Gasteiger partial charge >= 0.3 is 0 Å². The van der Waals surface area contributed by atoms with Gasteiger partial charge in [0.25, 0.3) is 0 Å². The summed E-state index contributed by atoms with van der Waals surface area (Å²) < 4.78 is 1.62. The summed E-state index contributed by atoms with van der Waals surface area (Å²) in [6.45, 7) is 2.48. The predicted molar refractivity (Wildman–Crippen MR) is 44.0 cm³/mol. The molecule has 0 saturated carbocycles. The Bertz CT molecular complexity index is 284. The van der Waals surface area contributed by atoms with E-state index in [4.69, 9.17) is 6.42 Å². The predicted octanol–water partition coefficient (Wildman–Crippen LogP) is -0.506. The summed E-state index contributed by atoms with van der Waals surface area (Å²) in [7, 11) is 1.80. The SMILES string of the molecule is C#CCNC(C)c1nnnn1C. The fourth-order valence-electron chi connectivity index (χ4n) is 0.907. The van der Waals surface area contributed by atoms with Crippen molar-refractivity contribution in [3.63, 3.8) is 0 Å². The molecule has 64 valence electrons. The molecule has 1 aromatic heterocycles. The lowest BCUT2D eigenvalue weighted by molar-refractivity contribution is 0.547. The summed E-state index contributed by atoms with van der Waals surface area (Å²) in [5.74, 6) is 3.27. The van der Waals surface area contributed by atoms with Crippen molar-refractivity contribution in [3.8, 4) is 12.3 Å². The van der Waals surface area contributed by atoms with Gasteiger partial charge in [-0.15, -0.1) is 11.5 Å². The number of aryl methyl sites for hydroxylation is 1. The molecule has 0 saturated heterocycles. The maximum absolute atomic E-state index is 5.10. The average Bonchev–Trinajstić information content (AvgIpc) is 2.47. The summed E-state index contributed by atoms with van der Waals surface area (Å²) in [6, 6.07) is 0.0843. The monoisotopic (exact) mass is 165 g/mol. The van der Waals surface area contributed by atoms with Gasteiger partial charge in [0.1, 0.15) is 0 Å². The standard InChI is InChI=1S/C7H11N5/c1-4-5-8-6(2)7-9-10-11-12(7)3/h1,6,8H,5H2,2-3H3. The zero-order valence-electron chi connectivity index (χ0n) is 7.15. The summed E-state index contributed by atoms with van der Waals surface area (Å²) >= 11 is 0. The summed E-state index contributed by atoms with van der Waals surface area (Å²) in [4.78, 5) is 0. The number of tetrazole rings is 1. The van der Waals surface area contributed by atoms with Crippen LogP contribution in [-0.4, -0.2) is 26.8 Å². The number of hydrogen-bond acceptors (Lipinski definition) is 4. The number of nitrogens with zero attached hydrogens (tertiary/aromatic N) is 4. The summed E-state index contributed by atoms with van der Waals surface area (Å²) in [6.07, 6.45) is 5.10. The molecule has 0 aromatic carbocycles. The van der Waals surface area contributed by atoms with Gasteiger partial charge in [-0.25, -0.2) is 4.68 Å². The van der Waals surface area contributed by atoms with Gasteiger partial charge in [0.15, 0.2) is 5.82 Å². The molecule has 0 spiro atoms. The molecule has 1 heterocycles. The minimum Gasteiger partial charge on any atom is -0.297 e. The van der Waals surface area contributed by atoms with Crippen molar-refractivity contribution in [1.29, 1.82) is 0 Å². The highest BCUT2D eigenvalue weighted by atomic mass is 15.5. The van der Waals surface area contributed by atoms with E-state index in [0.29, 0.717) is 6.54 Å². The maximum Gasteiger partial charge on any atom is 0.167 e. The number of hydrogen-bond donors (Lipinski definition) is 1. The summed E-state index contributed by atoms with van der Waals surface area (Å²) in [5, 5.41) is 14.1. The van der Waals surface area contributed by atoms with Crippen LogP contribution in [0.2, 0.25) is 0 Å². The molecule has 5 heteroatoms. The van der Waals surface area contributed by atoms with Gasteiger partial charge in [-0.2, -0.15) is 0 Å². The third-order valence-corrected chi connectivity index (χ3v) is 1.55. The third kappa shape index (κ3) is 1.80. The molecule has 0 bridgehead atoms. The van der Waals surface area contributed by atoms with Gasteiger partial charge in [-0.05, 0) is 17.4 Å². The molecule has 1 unspecified atom stereocenters. The van der Waals surface area contributed by atoms with Crippen LogP contribution >= 0.6 is 0 Å². The highest BCUT2D eigenvalue weighted by Gasteiger charge is 2.09. The molecule has 0 amide bonds. The first-order valence-corrected chi connectivity index (χ1v) is 3.64. The lowest BCUT2D eigenvalue weighted by Crippen LogP contribution is -2.21. The Labute approximate surface area is 71.2 Å². The van der Waals surface area contributed by atoms with Crippen molar-refractivity contribution in [2.45, 2.75) is 13.0 Å². The number of terminal acetylenes is 1. The fraction of sp³-hybridized carbons (Fsp3) is 0.571. The Morgan fingerprint density at radius 3 is 3.00 bits per heavy atom. The molecule has 0 fully saturated rings. The van der Waals surface area contributed by atoms with E-state index in [9.17, 15) is 0 Å². The third-order valence-electron chi connectivity index (χ3n) is 1.55. The quantitative estimate of drug-likeness (QED) is 0.613. The maximum atomic E-state index is 5.10. The molecule has 1 N–H and O–H groups in total. The molecule has 0 aliphatic rings. The lowest BCUT2D eigenvalue weighted by atomic mass is 10.3. The van der Waals surface area contributed by atoms with Gasteiger partial charge in [0, 0.05) is 7.05 Å².